The summed E-state index contributed by atoms with van der Waals surface area (Å²) in [5.41, 5.74) is 1.47. The van der Waals surface area contributed by atoms with Crippen LogP contribution in [0.3, 0.4) is 0 Å². The third-order valence-corrected chi connectivity index (χ3v) is 6.16. The molecule has 0 atom stereocenters. The second-order valence-corrected chi connectivity index (χ2v) is 9.00. The van der Waals surface area contributed by atoms with Crippen molar-refractivity contribution in [1.82, 2.24) is 4.72 Å². The van der Waals surface area contributed by atoms with Gasteiger partial charge in [-0.3, -0.25) is 4.79 Å². The molecule has 0 bridgehead atoms. The van der Waals surface area contributed by atoms with Gasteiger partial charge in [-0.15, -0.1) is 0 Å². The summed E-state index contributed by atoms with van der Waals surface area (Å²) in [7, 11) is -3.80. The second-order valence-electron chi connectivity index (χ2n) is 5.91. The van der Waals surface area contributed by atoms with Gasteiger partial charge in [0.2, 0.25) is 10.0 Å². The Labute approximate surface area is 176 Å². The van der Waals surface area contributed by atoms with Crippen molar-refractivity contribution in [2.75, 3.05) is 5.32 Å². The van der Waals surface area contributed by atoms with Crippen LogP contribution < -0.4 is 10.0 Å². The monoisotopic (exact) mass is 478 g/mol. The number of rotatable bonds is 6. The number of carbonyl (C=O) groups excluding carboxylic acids is 1. The van der Waals surface area contributed by atoms with Crippen LogP contribution in [0.4, 0.5) is 5.69 Å². The molecule has 5 nitrogen and oxygen atoms in total. The smallest absolute Gasteiger partial charge is 0.257 e. The largest absolute Gasteiger partial charge is 0.322 e. The molecule has 1 amide bonds. The van der Waals surface area contributed by atoms with E-state index in [0.717, 1.165) is 10.0 Å². The molecule has 8 heteroatoms. The number of benzene rings is 3. The molecule has 144 valence electrons. The number of hydrogen-bond donors (Lipinski definition) is 2. The standard InChI is InChI=1S/C20H16BrClN2O3S/c21-15-6-8-16(9-7-15)24-20(25)18-12-17(10-11-19(18)22)28(26,27)23-13-14-4-2-1-3-5-14/h1-12,23H,13H2,(H,24,25). The van der Waals surface area contributed by atoms with Crippen molar-refractivity contribution in [2.45, 2.75) is 11.4 Å². The third kappa shape index (κ3) is 5.20. The van der Waals surface area contributed by atoms with Crippen molar-refractivity contribution in [3.8, 4) is 0 Å². The van der Waals surface area contributed by atoms with Gasteiger partial charge in [0.05, 0.1) is 15.5 Å². The Kier molecular flexibility index (Phi) is 6.51. The van der Waals surface area contributed by atoms with Gasteiger partial charge in [0.1, 0.15) is 0 Å². The molecule has 0 spiro atoms. The maximum absolute atomic E-state index is 12.6. The van der Waals surface area contributed by atoms with Crippen molar-refractivity contribution >= 4 is 49.1 Å². The van der Waals surface area contributed by atoms with Gasteiger partial charge in [-0.05, 0) is 48.0 Å². The fraction of sp³-hybridized carbons (Fsp3) is 0.0500. The van der Waals surface area contributed by atoms with E-state index in [2.05, 4.69) is 26.0 Å². The Balaban J connectivity index is 1.79. The average molecular weight is 480 g/mol. The van der Waals surface area contributed by atoms with Crippen molar-refractivity contribution in [2.24, 2.45) is 0 Å². The predicted octanol–water partition coefficient (Wildman–Crippen LogP) is 4.83. The molecule has 0 aliphatic heterocycles. The van der Waals surface area contributed by atoms with Crippen LogP contribution in [0.15, 0.2) is 82.2 Å². The molecule has 2 N–H and O–H groups in total. The summed E-state index contributed by atoms with van der Waals surface area (Å²) in [4.78, 5) is 12.5. The number of hydrogen-bond acceptors (Lipinski definition) is 3. The number of sulfonamides is 1. The van der Waals surface area contributed by atoms with E-state index >= 15 is 0 Å². The fourth-order valence-corrected chi connectivity index (χ4v) is 3.95. The molecule has 3 rings (SSSR count). The zero-order chi connectivity index (χ0) is 20.1. The second kappa shape index (κ2) is 8.87. The van der Waals surface area contributed by atoms with Crippen molar-refractivity contribution in [3.05, 3.63) is 93.4 Å². The van der Waals surface area contributed by atoms with Crippen LogP contribution in [0.25, 0.3) is 0 Å². The molecule has 0 saturated heterocycles. The van der Waals surface area contributed by atoms with E-state index in [0.29, 0.717) is 5.69 Å². The highest BCUT2D eigenvalue weighted by Crippen LogP contribution is 2.23. The van der Waals surface area contributed by atoms with Gasteiger partial charge in [0.15, 0.2) is 0 Å². The molecule has 0 aliphatic rings. The normalized spacial score (nSPS) is 11.2. The molecule has 0 fully saturated rings. The average Bonchev–Trinajstić information content (AvgIpc) is 2.69. The van der Waals surface area contributed by atoms with E-state index in [4.69, 9.17) is 11.6 Å². The Bertz CT molecular complexity index is 1090. The van der Waals surface area contributed by atoms with E-state index < -0.39 is 15.9 Å². The molecule has 0 saturated carbocycles. The highest BCUT2D eigenvalue weighted by molar-refractivity contribution is 9.10. The molecular formula is C20H16BrClN2O3S. The van der Waals surface area contributed by atoms with Crippen LogP contribution in [0.5, 0.6) is 0 Å². The van der Waals surface area contributed by atoms with Crippen LogP contribution >= 0.6 is 27.5 Å². The van der Waals surface area contributed by atoms with E-state index in [1.807, 2.05) is 30.3 Å². The van der Waals surface area contributed by atoms with Gasteiger partial charge in [0.25, 0.3) is 5.91 Å². The molecule has 0 aliphatic carbocycles. The minimum absolute atomic E-state index is 0.0335. The number of halogens is 2. The predicted molar refractivity (Wildman–Crippen MR) is 114 cm³/mol. The first-order valence-electron chi connectivity index (χ1n) is 8.25. The molecule has 28 heavy (non-hydrogen) atoms. The summed E-state index contributed by atoms with van der Waals surface area (Å²) in [6, 6.07) is 20.2. The summed E-state index contributed by atoms with van der Waals surface area (Å²) in [6.45, 7) is 0.145. The quantitative estimate of drug-likeness (QED) is 0.531. The summed E-state index contributed by atoms with van der Waals surface area (Å²) >= 11 is 9.45. The molecule has 0 heterocycles. The van der Waals surface area contributed by atoms with Gasteiger partial charge >= 0.3 is 0 Å². The first-order valence-corrected chi connectivity index (χ1v) is 10.9. The van der Waals surface area contributed by atoms with Crippen molar-refractivity contribution in [3.63, 3.8) is 0 Å². The minimum Gasteiger partial charge on any atom is -0.322 e. The minimum atomic E-state index is -3.80. The molecule has 0 radical (unpaired) electrons. The van der Waals surface area contributed by atoms with Gasteiger partial charge in [0, 0.05) is 16.7 Å². The van der Waals surface area contributed by atoms with Crippen molar-refractivity contribution < 1.29 is 13.2 Å². The van der Waals surface area contributed by atoms with Gasteiger partial charge in [-0.2, -0.15) is 0 Å². The maximum atomic E-state index is 12.6. The molecule has 0 unspecified atom stereocenters. The van der Waals surface area contributed by atoms with Crippen LogP contribution in [-0.2, 0) is 16.6 Å². The Morgan fingerprint density at radius 2 is 1.64 bits per heavy atom. The van der Waals surface area contributed by atoms with Crippen molar-refractivity contribution in [1.29, 1.82) is 0 Å². The Morgan fingerprint density at radius 1 is 0.964 bits per heavy atom. The highest BCUT2D eigenvalue weighted by Gasteiger charge is 2.19. The van der Waals surface area contributed by atoms with Crippen LogP contribution in [0.1, 0.15) is 15.9 Å². The number of nitrogens with one attached hydrogen (secondary N) is 2. The Hall–Kier alpha value is -2.19. The zero-order valence-electron chi connectivity index (χ0n) is 14.5. The lowest BCUT2D eigenvalue weighted by Gasteiger charge is -2.11. The molecule has 3 aromatic carbocycles. The summed E-state index contributed by atoms with van der Waals surface area (Å²) < 4.78 is 28.6. The number of amides is 1. The SMILES string of the molecule is O=C(Nc1ccc(Br)cc1)c1cc(S(=O)(=O)NCc2ccccc2)ccc1Cl. The van der Waals surface area contributed by atoms with Crippen LogP contribution in [0, 0.1) is 0 Å². The Morgan fingerprint density at radius 3 is 2.32 bits per heavy atom. The van der Waals surface area contributed by atoms with Gasteiger partial charge in [-0.25, -0.2) is 13.1 Å². The number of carbonyl (C=O) groups is 1. The van der Waals surface area contributed by atoms with E-state index in [1.165, 1.54) is 18.2 Å². The maximum Gasteiger partial charge on any atom is 0.257 e. The van der Waals surface area contributed by atoms with Gasteiger partial charge < -0.3 is 5.32 Å². The van der Waals surface area contributed by atoms with E-state index in [1.54, 1.807) is 24.3 Å². The third-order valence-electron chi connectivity index (χ3n) is 3.90. The molecule has 0 aromatic heterocycles. The fourth-order valence-electron chi connectivity index (χ4n) is 2.43. The lowest BCUT2D eigenvalue weighted by atomic mass is 10.2. The van der Waals surface area contributed by atoms with Gasteiger partial charge in [-0.1, -0.05) is 57.9 Å². The highest BCUT2D eigenvalue weighted by atomic mass is 79.9. The molecule has 3 aromatic rings. The lowest BCUT2D eigenvalue weighted by molar-refractivity contribution is 0.102. The summed E-state index contributed by atoms with van der Waals surface area (Å²) in [6.07, 6.45) is 0. The first kappa shape index (κ1) is 20.5. The molecular weight excluding hydrogens is 464 g/mol. The lowest BCUT2D eigenvalue weighted by Crippen LogP contribution is -2.24. The number of anilines is 1. The zero-order valence-corrected chi connectivity index (χ0v) is 17.7. The van der Waals surface area contributed by atoms with E-state index in [9.17, 15) is 13.2 Å². The summed E-state index contributed by atoms with van der Waals surface area (Å²) in [5, 5.41) is 2.87. The topological polar surface area (TPSA) is 75.3 Å². The van der Waals surface area contributed by atoms with Crippen LogP contribution in [-0.4, -0.2) is 14.3 Å². The summed E-state index contributed by atoms with van der Waals surface area (Å²) in [5.74, 6) is -0.493. The van der Waals surface area contributed by atoms with E-state index in [-0.39, 0.29) is 22.0 Å². The van der Waals surface area contributed by atoms with Crippen LogP contribution in [0.2, 0.25) is 5.02 Å². The first-order chi connectivity index (χ1) is 13.3.